The van der Waals surface area contributed by atoms with Gasteiger partial charge in [-0.25, -0.2) is 4.98 Å². The maximum absolute atomic E-state index is 11.7. The number of aromatic nitrogens is 1. The Bertz CT molecular complexity index is 379. The molecule has 0 aromatic carbocycles. The van der Waals surface area contributed by atoms with Crippen molar-refractivity contribution in [1.29, 1.82) is 0 Å². The van der Waals surface area contributed by atoms with Gasteiger partial charge in [-0.2, -0.15) is 0 Å². The van der Waals surface area contributed by atoms with E-state index in [1.165, 1.54) is 0 Å². The zero-order valence-electron chi connectivity index (χ0n) is 8.86. The summed E-state index contributed by atoms with van der Waals surface area (Å²) in [6.45, 7) is 4.54. The molecular weight excluding hydrogens is 212 g/mol. The van der Waals surface area contributed by atoms with Crippen molar-refractivity contribution in [2.45, 2.75) is 25.9 Å². The highest BCUT2D eigenvalue weighted by Crippen LogP contribution is 2.20. The molecule has 2 heterocycles. The molecule has 0 radical (unpaired) electrons. The zero-order chi connectivity index (χ0) is 11.1. The Balaban J connectivity index is 1.89. The number of aryl methyl sites for hydroxylation is 1. The van der Waals surface area contributed by atoms with Crippen molar-refractivity contribution in [3.63, 3.8) is 0 Å². The minimum Gasteiger partial charge on any atom is -0.386 e. The number of carbonyl (C=O) groups is 1. The first kappa shape index (κ1) is 10.6. The summed E-state index contributed by atoms with van der Waals surface area (Å²) in [6, 6.07) is 0. The van der Waals surface area contributed by atoms with E-state index in [2.05, 4.69) is 4.98 Å². The molecule has 82 valence electrons. The molecule has 1 aliphatic heterocycles. The fourth-order valence-electron chi connectivity index (χ4n) is 1.71. The summed E-state index contributed by atoms with van der Waals surface area (Å²) in [6.07, 6.45) is 0.348. The third-order valence-electron chi connectivity index (χ3n) is 2.41. The molecule has 0 atom stereocenters. The molecule has 1 amide bonds. The summed E-state index contributed by atoms with van der Waals surface area (Å²) in [4.78, 5) is 17.6. The molecule has 1 fully saturated rings. The average Bonchev–Trinajstić information content (AvgIpc) is 2.46. The molecular formula is C10H14N2O2S. The molecule has 0 bridgehead atoms. The average molecular weight is 226 g/mol. The molecule has 15 heavy (non-hydrogen) atoms. The van der Waals surface area contributed by atoms with Crippen LogP contribution in [-0.2, 0) is 11.2 Å². The number of likely N-dealkylation sites (tertiary alicyclic amines) is 1. The van der Waals surface area contributed by atoms with Gasteiger partial charge in [0.15, 0.2) is 0 Å². The Morgan fingerprint density at radius 2 is 2.40 bits per heavy atom. The number of amides is 1. The first-order valence-corrected chi connectivity index (χ1v) is 5.75. The normalized spacial score (nSPS) is 18.7. The Morgan fingerprint density at radius 3 is 2.87 bits per heavy atom. The van der Waals surface area contributed by atoms with Gasteiger partial charge < -0.3 is 10.0 Å². The Kier molecular flexibility index (Phi) is 2.52. The fourth-order valence-corrected chi connectivity index (χ4v) is 2.32. The number of hydrogen-bond donors (Lipinski definition) is 1. The lowest BCUT2D eigenvalue weighted by Crippen LogP contribution is -2.62. The monoisotopic (exact) mass is 226 g/mol. The Morgan fingerprint density at radius 1 is 1.73 bits per heavy atom. The minimum atomic E-state index is -0.687. The van der Waals surface area contributed by atoms with Gasteiger partial charge in [-0.3, -0.25) is 4.79 Å². The van der Waals surface area contributed by atoms with E-state index >= 15 is 0 Å². The van der Waals surface area contributed by atoms with Gasteiger partial charge in [0.05, 0.1) is 35.8 Å². The van der Waals surface area contributed by atoms with Crippen LogP contribution in [-0.4, -0.2) is 39.6 Å². The zero-order valence-corrected chi connectivity index (χ0v) is 9.67. The molecule has 1 aliphatic rings. The number of hydrogen-bond acceptors (Lipinski definition) is 4. The maximum atomic E-state index is 11.7. The van der Waals surface area contributed by atoms with Gasteiger partial charge in [0.25, 0.3) is 0 Å². The Hall–Kier alpha value is -0.940. The van der Waals surface area contributed by atoms with Crippen LogP contribution < -0.4 is 0 Å². The highest BCUT2D eigenvalue weighted by Gasteiger charge is 2.39. The predicted molar refractivity (Wildman–Crippen MR) is 57.8 cm³/mol. The van der Waals surface area contributed by atoms with Crippen LogP contribution in [0.5, 0.6) is 0 Å². The van der Waals surface area contributed by atoms with Gasteiger partial charge in [-0.15, -0.1) is 11.3 Å². The molecule has 0 unspecified atom stereocenters. The van der Waals surface area contributed by atoms with E-state index in [-0.39, 0.29) is 5.91 Å². The molecule has 4 nitrogen and oxygen atoms in total. The summed E-state index contributed by atoms with van der Waals surface area (Å²) in [5.41, 5.74) is 0.141. The summed E-state index contributed by atoms with van der Waals surface area (Å²) >= 11 is 1.55. The van der Waals surface area contributed by atoms with Gasteiger partial charge in [0, 0.05) is 5.38 Å². The molecule has 1 saturated heterocycles. The molecule has 0 aliphatic carbocycles. The van der Waals surface area contributed by atoms with Crippen molar-refractivity contribution in [2.24, 2.45) is 0 Å². The van der Waals surface area contributed by atoms with E-state index in [9.17, 15) is 9.90 Å². The standard InChI is InChI=1S/C10H14N2O2S/c1-7-11-8(4-15-7)3-9(13)12-5-10(2,14)6-12/h4,14H,3,5-6H2,1-2H3. The van der Waals surface area contributed by atoms with Crippen molar-refractivity contribution in [3.05, 3.63) is 16.1 Å². The van der Waals surface area contributed by atoms with E-state index < -0.39 is 5.60 Å². The van der Waals surface area contributed by atoms with Crippen LogP contribution in [0, 0.1) is 6.92 Å². The molecule has 2 rings (SSSR count). The van der Waals surface area contributed by atoms with Gasteiger partial charge in [-0.1, -0.05) is 0 Å². The molecule has 0 spiro atoms. The summed E-state index contributed by atoms with van der Waals surface area (Å²) in [5, 5.41) is 12.4. The second-order valence-electron chi connectivity index (χ2n) is 4.28. The highest BCUT2D eigenvalue weighted by atomic mass is 32.1. The quantitative estimate of drug-likeness (QED) is 0.803. The van der Waals surface area contributed by atoms with Gasteiger partial charge in [-0.05, 0) is 13.8 Å². The second-order valence-corrected chi connectivity index (χ2v) is 5.34. The fraction of sp³-hybridized carbons (Fsp3) is 0.600. The largest absolute Gasteiger partial charge is 0.386 e. The Labute approximate surface area is 92.6 Å². The first-order chi connectivity index (χ1) is 6.96. The smallest absolute Gasteiger partial charge is 0.228 e. The van der Waals surface area contributed by atoms with Crippen LogP contribution in [0.15, 0.2) is 5.38 Å². The second kappa shape index (κ2) is 3.57. The molecule has 1 aromatic rings. The lowest BCUT2D eigenvalue weighted by atomic mass is 9.96. The summed E-state index contributed by atoms with van der Waals surface area (Å²) in [5.74, 6) is 0.0480. The van der Waals surface area contributed by atoms with Crippen LogP contribution in [0.25, 0.3) is 0 Å². The van der Waals surface area contributed by atoms with E-state index in [1.807, 2.05) is 12.3 Å². The lowest BCUT2D eigenvalue weighted by Gasteiger charge is -2.44. The van der Waals surface area contributed by atoms with Gasteiger partial charge in [0.1, 0.15) is 0 Å². The van der Waals surface area contributed by atoms with Crippen LogP contribution in [0.3, 0.4) is 0 Å². The van der Waals surface area contributed by atoms with Crippen molar-refractivity contribution < 1.29 is 9.90 Å². The van der Waals surface area contributed by atoms with Crippen molar-refractivity contribution >= 4 is 17.2 Å². The van der Waals surface area contributed by atoms with Crippen molar-refractivity contribution in [2.75, 3.05) is 13.1 Å². The van der Waals surface area contributed by atoms with Crippen LogP contribution in [0.1, 0.15) is 17.6 Å². The lowest BCUT2D eigenvalue weighted by molar-refractivity contribution is -0.151. The molecule has 5 heteroatoms. The molecule has 1 N–H and O–H groups in total. The van der Waals surface area contributed by atoms with Crippen molar-refractivity contribution in [3.8, 4) is 0 Å². The van der Waals surface area contributed by atoms with Crippen molar-refractivity contribution in [1.82, 2.24) is 9.88 Å². The molecule has 1 aromatic heterocycles. The number of β-amino-alcohol motifs (C(OH)–C–C–N with tert-alkyl or cyclic N) is 1. The highest BCUT2D eigenvalue weighted by molar-refractivity contribution is 7.09. The first-order valence-electron chi connectivity index (χ1n) is 4.87. The maximum Gasteiger partial charge on any atom is 0.228 e. The van der Waals surface area contributed by atoms with Gasteiger partial charge >= 0.3 is 0 Å². The predicted octanol–water partition coefficient (Wildman–Crippen LogP) is 0.587. The third kappa shape index (κ3) is 2.35. The van der Waals surface area contributed by atoms with Crippen LogP contribution in [0.2, 0.25) is 0 Å². The van der Waals surface area contributed by atoms with Gasteiger partial charge in [0.2, 0.25) is 5.91 Å². The number of rotatable bonds is 2. The van der Waals surface area contributed by atoms with E-state index in [0.29, 0.717) is 19.5 Å². The number of carbonyl (C=O) groups excluding carboxylic acids is 1. The van der Waals surface area contributed by atoms with Crippen LogP contribution in [0.4, 0.5) is 0 Å². The van der Waals surface area contributed by atoms with E-state index in [4.69, 9.17) is 0 Å². The number of thiazole rings is 1. The number of aliphatic hydroxyl groups is 1. The molecule has 0 saturated carbocycles. The summed E-state index contributed by atoms with van der Waals surface area (Å²) < 4.78 is 0. The topological polar surface area (TPSA) is 53.4 Å². The minimum absolute atomic E-state index is 0.0480. The number of nitrogens with zero attached hydrogens (tertiary/aromatic N) is 2. The van der Waals surface area contributed by atoms with Crippen LogP contribution >= 0.6 is 11.3 Å². The SMILES string of the molecule is Cc1nc(CC(=O)N2CC(C)(O)C2)cs1. The van der Waals surface area contributed by atoms with E-state index in [0.717, 1.165) is 10.7 Å². The third-order valence-corrected chi connectivity index (χ3v) is 3.24. The van der Waals surface area contributed by atoms with E-state index in [1.54, 1.807) is 23.2 Å². The summed E-state index contributed by atoms with van der Waals surface area (Å²) in [7, 11) is 0.